The van der Waals surface area contributed by atoms with E-state index in [1.807, 2.05) is 6.20 Å². The lowest BCUT2D eigenvalue weighted by Crippen LogP contribution is -2.34. The van der Waals surface area contributed by atoms with Crippen LogP contribution in [-0.2, 0) is 0 Å². The van der Waals surface area contributed by atoms with Gasteiger partial charge in [0.2, 0.25) is 0 Å². The second-order valence-corrected chi connectivity index (χ2v) is 6.03. The van der Waals surface area contributed by atoms with Gasteiger partial charge in [0, 0.05) is 25.3 Å². The molecule has 0 aromatic carbocycles. The summed E-state index contributed by atoms with van der Waals surface area (Å²) in [7, 11) is 2.20. The van der Waals surface area contributed by atoms with Gasteiger partial charge in [-0.25, -0.2) is 4.98 Å². The molecule has 0 amide bonds. The van der Waals surface area contributed by atoms with Gasteiger partial charge in [0.15, 0.2) is 0 Å². The maximum Gasteiger partial charge on any atom is 0.128 e. The molecule has 1 saturated carbocycles. The highest BCUT2D eigenvalue weighted by Crippen LogP contribution is 2.26. The number of anilines is 1. The van der Waals surface area contributed by atoms with Crippen LogP contribution in [0, 0.1) is 0 Å². The van der Waals surface area contributed by atoms with E-state index in [9.17, 15) is 0 Å². The Labute approximate surface area is 123 Å². The number of aromatic nitrogens is 1. The molecule has 112 valence electrons. The van der Waals surface area contributed by atoms with Crippen molar-refractivity contribution in [1.29, 1.82) is 0 Å². The Bertz CT molecular complexity index is 399. The van der Waals surface area contributed by atoms with E-state index in [-0.39, 0.29) is 0 Å². The molecular formula is C17H29N3. The normalized spacial score (nSPS) is 17.9. The van der Waals surface area contributed by atoms with Crippen LogP contribution in [0.2, 0.25) is 0 Å². The quantitative estimate of drug-likeness (QED) is 0.853. The highest BCUT2D eigenvalue weighted by atomic mass is 15.2. The molecule has 0 saturated heterocycles. The SMILES string of the molecule is CCCNC(C)c1ccnc(N(C)C2CCCCC2)c1. The largest absolute Gasteiger partial charge is 0.357 e. The van der Waals surface area contributed by atoms with E-state index in [4.69, 9.17) is 0 Å². The second kappa shape index (κ2) is 7.63. The first-order valence-corrected chi connectivity index (χ1v) is 8.14. The van der Waals surface area contributed by atoms with Crippen molar-refractivity contribution in [2.75, 3.05) is 18.5 Å². The zero-order chi connectivity index (χ0) is 14.4. The minimum Gasteiger partial charge on any atom is -0.357 e. The lowest BCUT2D eigenvalue weighted by Gasteiger charge is -2.32. The molecule has 1 aliphatic carbocycles. The number of hydrogen-bond acceptors (Lipinski definition) is 3. The molecule has 0 aliphatic heterocycles. The van der Waals surface area contributed by atoms with E-state index in [1.165, 1.54) is 44.1 Å². The van der Waals surface area contributed by atoms with Crippen molar-refractivity contribution < 1.29 is 0 Å². The Morgan fingerprint density at radius 1 is 1.35 bits per heavy atom. The molecule has 1 fully saturated rings. The third kappa shape index (κ3) is 3.95. The Hall–Kier alpha value is -1.09. The van der Waals surface area contributed by atoms with Crippen LogP contribution in [0.3, 0.4) is 0 Å². The fraction of sp³-hybridized carbons (Fsp3) is 0.706. The predicted molar refractivity (Wildman–Crippen MR) is 86.2 cm³/mol. The number of pyridine rings is 1. The van der Waals surface area contributed by atoms with Gasteiger partial charge in [0.1, 0.15) is 5.82 Å². The maximum atomic E-state index is 4.58. The van der Waals surface area contributed by atoms with Gasteiger partial charge in [-0.3, -0.25) is 0 Å². The van der Waals surface area contributed by atoms with Crippen LogP contribution in [0.25, 0.3) is 0 Å². The number of nitrogens with zero attached hydrogens (tertiary/aromatic N) is 2. The van der Waals surface area contributed by atoms with Gasteiger partial charge in [-0.15, -0.1) is 0 Å². The first kappa shape index (κ1) is 15.3. The Balaban J connectivity index is 2.04. The van der Waals surface area contributed by atoms with Gasteiger partial charge in [-0.1, -0.05) is 26.2 Å². The fourth-order valence-electron chi connectivity index (χ4n) is 3.03. The maximum absolute atomic E-state index is 4.58. The van der Waals surface area contributed by atoms with Crippen molar-refractivity contribution in [2.24, 2.45) is 0 Å². The highest BCUT2D eigenvalue weighted by Gasteiger charge is 2.19. The molecule has 0 bridgehead atoms. The summed E-state index contributed by atoms with van der Waals surface area (Å²) < 4.78 is 0. The number of nitrogens with one attached hydrogen (secondary N) is 1. The zero-order valence-electron chi connectivity index (χ0n) is 13.2. The molecule has 1 heterocycles. The number of rotatable bonds is 6. The third-order valence-corrected chi connectivity index (χ3v) is 4.45. The molecule has 20 heavy (non-hydrogen) atoms. The van der Waals surface area contributed by atoms with Gasteiger partial charge in [0.25, 0.3) is 0 Å². The predicted octanol–water partition coefficient (Wildman–Crippen LogP) is 3.91. The van der Waals surface area contributed by atoms with Crippen LogP contribution in [0.5, 0.6) is 0 Å². The molecule has 1 N–H and O–H groups in total. The Morgan fingerprint density at radius 3 is 2.80 bits per heavy atom. The molecule has 1 aliphatic rings. The first-order chi connectivity index (χ1) is 9.72. The van der Waals surface area contributed by atoms with Crippen LogP contribution < -0.4 is 10.2 Å². The average Bonchev–Trinajstić information content (AvgIpc) is 2.52. The van der Waals surface area contributed by atoms with E-state index in [0.717, 1.165) is 12.4 Å². The van der Waals surface area contributed by atoms with Crippen molar-refractivity contribution in [1.82, 2.24) is 10.3 Å². The van der Waals surface area contributed by atoms with Crippen LogP contribution in [-0.4, -0.2) is 24.6 Å². The van der Waals surface area contributed by atoms with Crippen molar-refractivity contribution in [3.05, 3.63) is 23.9 Å². The van der Waals surface area contributed by atoms with Crippen molar-refractivity contribution in [3.8, 4) is 0 Å². The smallest absolute Gasteiger partial charge is 0.128 e. The second-order valence-electron chi connectivity index (χ2n) is 6.03. The minimum absolute atomic E-state index is 0.399. The first-order valence-electron chi connectivity index (χ1n) is 8.14. The third-order valence-electron chi connectivity index (χ3n) is 4.45. The summed E-state index contributed by atoms with van der Waals surface area (Å²) in [6.07, 6.45) is 9.87. The molecule has 1 aromatic heterocycles. The van der Waals surface area contributed by atoms with Crippen LogP contribution in [0.15, 0.2) is 18.3 Å². The average molecular weight is 275 g/mol. The summed E-state index contributed by atoms with van der Waals surface area (Å²) in [6, 6.07) is 5.45. The molecule has 3 nitrogen and oxygen atoms in total. The van der Waals surface area contributed by atoms with E-state index in [2.05, 4.69) is 48.2 Å². The van der Waals surface area contributed by atoms with Crippen LogP contribution in [0.1, 0.15) is 64.0 Å². The van der Waals surface area contributed by atoms with E-state index in [1.54, 1.807) is 0 Å². The molecular weight excluding hydrogens is 246 g/mol. The molecule has 1 atom stereocenters. The standard InChI is InChI=1S/C17H29N3/c1-4-11-18-14(2)15-10-12-19-17(13-15)20(3)16-8-6-5-7-9-16/h10,12-14,16,18H,4-9,11H2,1-3H3. The van der Waals surface area contributed by atoms with E-state index >= 15 is 0 Å². The minimum atomic E-state index is 0.399. The summed E-state index contributed by atoms with van der Waals surface area (Å²) in [5, 5.41) is 3.55. The van der Waals surface area contributed by atoms with Crippen molar-refractivity contribution in [3.63, 3.8) is 0 Å². The van der Waals surface area contributed by atoms with Gasteiger partial charge < -0.3 is 10.2 Å². The summed E-state index contributed by atoms with van der Waals surface area (Å²) in [5.74, 6) is 1.12. The monoisotopic (exact) mass is 275 g/mol. The van der Waals surface area contributed by atoms with Gasteiger partial charge in [0.05, 0.1) is 0 Å². The fourth-order valence-corrected chi connectivity index (χ4v) is 3.03. The topological polar surface area (TPSA) is 28.2 Å². The van der Waals surface area contributed by atoms with Gasteiger partial charge >= 0.3 is 0 Å². The molecule has 0 spiro atoms. The van der Waals surface area contributed by atoms with Crippen molar-refractivity contribution >= 4 is 5.82 Å². The van der Waals surface area contributed by atoms with E-state index < -0.39 is 0 Å². The number of hydrogen-bond donors (Lipinski definition) is 1. The molecule has 3 heteroatoms. The lowest BCUT2D eigenvalue weighted by molar-refractivity contribution is 0.426. The van der Waals surface area contributed by atoms with Gasteiger partial charge in [-0.2, -0.15) is 0 Å². The molecule has 2 rings (SSSR count). The summed E-state index contributed by atoms with van der Waals surface area (Å²) >= 11 is 0. The van der Waals surface area contributed by atoms with Crippen molar-refractivity contribution in [2.45, 2.75) is 64.5 Å². The van der Waals surface area contributed by atoms with Crippen LogP contribution >= 0.6 is 0 Å². The molecule has 1 aromatic rings. The zero-order valence-corrected chi connectivity index (χ0v) is 13.2. The lowest BCUT2D eigenvalue weighted by atomic mass is 9.94. The Morgan fingerprint density at radius 2 is 2.10 bits per heavy atom. The summed E-state index contributed by atoms with van der Waals surface area (Å²) in [6.45, 7) is 5.50. The highest BCUT2D eigenvalue weighted by molar-refractivity contribution is 5.42. The summed E-state index contributed by atoms with van der Waals surface area (Å²) in [4.78, 5) is 6.96. The summed E-state index contributed by atoms with van der Waals surface area (Å²) in [5.41, 5.74) is 1.34. The van der Waals surface area contributed by atoms with Crippen LogP contribution in [0.4, 0.5) is 5.82 Å². The molecule has 1 unspecified atom stereocenters. The van der Waals surface area contributed by atoms with E-state index in [0.29, 0.717) is 12.1 Å². The Kier molecular flexibility index (Phi) is 5.84. The van der Waals surface area contributed by atoms with Gasteiger partial charge in [-0.05, 0) is 50.4 Å². The molecule has 0 radical (unpaired) electrons.